The van der Waals surface area contributed by atoms with E-state index in [9.17, 15) is 13.2 Å². The van der Waals surface area contributed by atoms with Gasteiger partial charge in [-0.2, -0.15) is 0 Å². The number of nitrogens with one attached hydrogen (secondary N) is 1. The van der Waals surface area contributed by atoms with Crippen LogP contribution < -0.4 is 4.72 Å². The molecule has 0 aliphatic heterocycles. The third-order valence-electron chi connectivity index (χ3n) is 1.68. The minimum atomic E-state index is -3.54. The van der Waals surface area contributed by atoms with Gasteiger partial charge in [0.15, 0.2) is 0 Å². The van der Waals surface area contributed by atoms with Gasteiger partial charge in [0.05, 0.1) is 13.5 Å². The third-order valence-corrected chi connectivity index (χ3v) is 5.81. The van der Waals surface area contributed by atoms with Crippen molar-refractivity contribution in [3.8, 4) is 0 Å². The van der Waals surface area contributed by atoms with Crippen molar-refractivity contribution in [2.45, 2.75) is 10.6 Å². The molecule has 5 nitrogen and oxygen atoms in total. The average molecular weight is 328 g/mol. The van der Waals surface area contributed by atoms with E-state index >= 15 is 0 Å². The highest BCUT2D eigenvalue weighted by Gasteiger charge is 2.18. The summed E-state index contributed by atoms with van der Waals surface area (Å²) in [5.41, 5.74) is 0. The summed E-state index contributed by atoms with van der Waals surface area (Å²) >= 11 is 4.24. The molecule has 1 heterocycles. The Kier molecular flexibility index (Phi) is 4.90. The third kappa shape index (κ3) is 3.55. The van der Waals surface area contributed by atoms with Crippen molar-refractivity contribution in [3.63, 3.8) is 0 Å². The molecule has 0 spiro atoms. The average Bonchev–Trinajstić information content (AvgIpc) is 2.64. The molecule has 0 bridgehead atoms. The van der Waals surface area contributed by atoms with Gasteiger partial charge in [-0.3, -0.25) is 4.79 Å². The predicted octanol–water partition coefficient (Wildman–Crippen LogP) is 1.35. The summed E-state index contributed by atoms with van der Waals surface area (Å²) < 4.78 is 30.8. The summed E-state index contributed by atoms with van der Waals surface area (Å²) in [6.45, 7) is 0.0271. The first-order valence-corrected chi connectivity index (χ1v) is 7.42. The minimum absolute atomic E-state index is 0.0126. The van der Waals surface area contributed by atoms with Crippen molar-refractivity contribution in [1.29, 1.82) is 0 Å². The Morgan fingerprint density at radius 3 is 2.81 bits per heavy atom. The zero-order valence-corrected chi connectivity index (χ0v) is 11.6. The van der Waals surface area contributed by atoms with Crippen LogP contribution in [0.3, 0.4) is 0 Å². The van der Waals surface area contributed by atoms with E-state index in [4.69, 9.17) is 0 Å². The van der Waals surface area contributed by atoms with E-state index in [1.807, 2.05) is 0 Å². The van der Waals surface area contributed by atoms with Crippen LogP contribution >= 0.6 is 27.3 Å². The summed E-state index contributed by atoms with van der Waals surface area (Å²) in [5, 5.41) is 1.67. The molecule has 0 aliphatic rings. The smallest absolute Gasteiger partial charge is 0.306 e. The fraction of sp³-hybridized carbons (Fsp3) is 0.375. The van der Waals surface area contributed by atoms with Crippen LogP contribution in [0.1, 0.15) is 6.42 Å². The number of carbonyl (C=O) groups excluding carboxylic acids is 1. The van der Waals surface area contributed by atoms with Crippen LogP contribution in [0.4, 0.5) is 0 Å². The number of thiophene rings is 1. The van der Waals surface area contributed by atoms with Crippen LogP contribution in [-0.2, 0) is 19.6 Å². The van der Waals surface area contributed by atoms with Gasteiger partial charge >= 0.3 is 5.97 Å². The van der Waals surface area contributed by atoms with Crippen LogP contribution in [0.5, 0.6) is 0 Å². The number of methoxy groups -OCH3 is 1. The van der Waals surface area contributed by atoms with Gasteiger partial charge in [-0.1, -0.05) is 0 Å². The number of sulfonamides is 1. The quantitative estimate of drug-likeness (QED) is 0.828. The number of ether oxygens (including phenoxy) is 1. The van der Waals surface area contributed by atoms with Crippen molar-refractivity contribution in [1.82, 2.24) is 4.72 Å². The number of esters is 1. The molecule has 1 N–H and O–H groups in total. The van der Waals surface area contributed by atoms with Gasteiger partial charge in [-0.15, -0.1) is 11.3 Å². The lowest BCUT2D eigenvalue weighted by Gasteiger charge is -2.04. The van der Waals surface area contributed by atoms with Gasteiger partial charge in [0.1, 0.15) is 4.21 Å². The van der Waals surface area contributed by atoms with Crippen molar-refractivity contribution in [2.75, 3.05) is 13.7 Å². The second-order valence-electron chi connectivity index (χ2n) is 2.78. The Morgan fingerprint density at radius 2 is 2.31 bits per heavy atom. The second kappa shape index (κ2) is 5.76. The normalized spacial score (nSPS) is 11.4. The molecule has 8 heteroatoms. The van der Waals surface area contributed by atoms with Gasteiger partial charge < -0.3 is 4.74 Å². The van der Waals surface area contributed by atoms with Crippen molar-refractivity contribution in [2.24, 2.45) is 0 Å². The summed E-state index contributed by atoms with van der Waals surface area (Å²) in [7, 11) is -2.28. The highest BCUT2D eigenvalue weighted by molar-refractivity contribution is 9.10. The van der Waals surface area contributed by atoms with E-state index < -0.39 is 16.0 Å². The molecule has 0 amide bonds. The highest BCUT2D eigenvalue weighted by atomic mass is 79.9. The standard InChI is InChI=1S/C8H10BrNO4S2/c1-14-7(11)2-4-10-16(12,13)8-6(9)3-5-15-8/h3,5,10H,2,4H2,1H3. The number of hydrogen-bond acceptors (Lipinski definition) is 5. The largest absolute Gasteiger partial charge is 0.469 e. The predicted molar refractivity (Wildman–Crippen MR) is 63.8 cm³/mol. The first-order valence-electron chi connectivity index (χ1n) is 4.27. The van der Waals surface area contributed by atoms with Gasteiger partial charge in [-0.25, -0.2) is 13.1 Å². The number of rotatable bonds is 5. The first-order chi connectivity index (χ1) is 7.47. The van der Waals surface area contributed by atoms with Gasteiger partial charge in [-0.05, 0) is 27.4 Å². The maximum Gasteiger partial charge on any atom is 0.306 e. The molecule has 0 aliphatic carbocycles. The van der Waals surface area contributed by atoms with E-state index in [0.717, 1.165) is 11.3 Å². The molecule has 0 fully saturated rings. The molecular weight excluding hydrogens is 318 g/mol. The maximum absolute atomic E-state index is 11.7. The molecule has 1 aromatic rings. The lowest BCUT2D eigenvalue weighted by atomic mass is 10.4. The molecule has 1 rings (SSSR count). The van der Waals surface area contributed by atoms with Crippen LogP contribution in [0.15, 0.2) is 20.1 Å². The fourth-order valence-electron chi connectivity index (χ4n) is 0.927. The Hall–Kier alpha value is -0.440. The van der Waals surface area contributed by atoms with E-state index in [2.05, 4.69) is 25.4 Å². The molecule has 0 radical (unpaired) electrons. The van der Waals surface area contributed by atoms with Gasteiger partial charge in [0.2, 0.25) is 0 Å². The number of hydrogen-bond donors (Lipinski definition) is 1. The van der Waals surface area contributed by atoms with Crippen LogP contribution in [0.2, 0.25) is 0 Å². The summed E-state index contributed by atoms with van der Waals surface area (Å²) in [5.74, 6) is -0.451. The van der Waals surface area contributed by atoms with Crippen molar-refractivity contribution in [3.05, 3.63) is 15.9 Å². The van der Waals surface area contributed by atoms with Gasteiger partial charge in [0, 0.05) is 11.0 Å². The summed E-state index contributed by atoms with van der Waals surface area (Å²) in [6.07, 6.45) is 0.0126. The lowest BCUT2D eigenvalue weighted by molar-refractivity contribution is -0.140. The zero-order valence-electron chi connectivity index (χ0n) is 8.40. The van der Waals surface area contributed by atoms with Crippen LogP contribution in [-0.4, -0.2) is 28.0 Å². The second-order valence-corrected chi connectivity index (χ2v) is 6.51. The molecular formula is C8H10BrNO4S2. The Balaban J connectivity index is 2.60. The van der Waals surface area contributed by atoms with Crippen molar-refractivity contribution >= 4 is 43.3 Å². The lowest BCUT2D eigenvalue weighted by Crippen LogP contribution is -2.26. The molecule has 1 aromatic heterocycles. The van der Waals surface area contributed by atoms with Crippen molar-refractivity contribution < 1.29 is 17.9 Å². The molecule has 90 valence electrons. The number of halogens is 1. The molecule has 0 atom stereocenters. The fourth-order valence-corrected chi connectivity index (χ4v) is 4.34. The van der Waals surface area contributed by atoms with Crippen LogP contribution in [0, 0.1) is 0 Å². The maximum atomic E-state index is 11.7. The van der Waals surface area contributed by atoms with E-state index in [1.54, 1.807) is 11.4 Å². The Bertz CT molecular complexity index is 468. The topological polar surface area (TPSA) is 72.5 Å². The highest BCUT2D eigenvalue weighted by Crippen LogP contribution is 2.27. The Morgan fingerprint density at radius 1 is 1.62 bits per heavy atom. The monoisotopic (exact) mass is 327 g/mol. The van der Waals surface area contributed by atoms with Crippen LogP contribution in [0.25, 0.3) is 0 Å². The first kappa shape index (κ1) is 13.6. The van der Waals surface area contributed by atoms with E-state index in [1.165, 1.54) is 7.11 Å². The molecule has 0 unspecified atom stereocenters. The molecule has 16 heavy (non-hydrogen) atoms. The summed E-state index contributed by atoms with van der Waals surface area (Å²) in [6, 6.07) is 1.65. The molecule has 0 aromatic carbocycles. The van der Waals surface area contributed by atoms with Gasteiger partial charge in [0.25, 0.3) is 10.0 Å². The summed E-state index contributed by atoms with van der Waals surface area (Å²) in [4.78, 5) is 10.8. The minimum Gasteiger partial charge on any atom is -0.469 e. The van der Waals surface area contributed by atoms with E-state index in [-0.39, 0.29) is 17.2 Å². The number of carbonyl (C=O) groups is 1. The van der Waals surface area contributed by atoms with E-state index in [0.29, 0.717) is 4.47 Å². The molecule has 0 saturated carbocycles. The SMILES string of the molecule is COC(=O)CCNS(=O)(=O)c1sccc1Br. The molecule has 0 saturated heterocycles. The zero-order chi connectivity index (χ0) is 12.2. The Labute approximate surface area is 106 Å².